The number of nitrogens with zero attached hydrogens (tertiary/aromatic N) is 1. The van der Waals surface area contributed by atoms with Gasteiger partial charge in [-0.2, -0.15) is 13.2 Å². The average Bonchev–Trinajstić information content (AvgIpc) is 3.58. The number of alkyl halides is 3. The second-order valence-corrected chi connectivity index (χ2v) is 9.08. The molecule has 180 valence electrons. The Bertz CT molecular complexity index is 1100. The summed E-state index contributed by atoms with van der Waals surface area (Å²) in [6.45, 7) is 0.675. The minimum absolute atomic E-state index is 0.0734. The quantitative estimate of drug-likeness (QED) is 0.696. The van der Waals surface area contributed by atoms with E-state index in [0.29, 0.717) is 36.4 Å². The van der Waals surface area contributed by atoms with Crippen molar-refractivity contribution in [1.29, 1.82) is 0 Å². The standard InChI is InChI=1S/C25H25F3N2O4/c26-25(27,28)19-3-1-2-17(11-19)20-8-7-18(13-30(20)24(32)16-5-6-16)23(31)29-12-15-4-9-21-22(10-15)34-14-33-21/h1-4,9-11,16,18,20H,5-8,12-14H2,(H,29,31). The van der Waals surface area contributed by atoms with E-state index in [1.54, 1.807) is 17.0 Å². The van der Waals surface area contributed by atoms with Crippen LogP contribution >= 0.6 is 0 Å². The Labute approximate surface area is 195 Å². The normalized spacial score (nSPS) is 21.9. The van der Waals surface area contributed by atoms with Gasteiger partial charge in [-0.05, 0) is 61.1 Å². The van der Waals surface area contributed by atoms with Crippen LogP contribution < -0.4 is 14.8 Å². The van der Waals surface area contributed by atoms with Crippen molar-refractivity contribution < 1.29 is 32.2 Å². The summed E-state index contributed by atoms with van der Waals surface area (Å²) < 4.78 is 50.4. The molecule has 1 saturated carbocycles. The number of fused-ring (bicyclic) bond motifs is 1. The molecule has 0 bridgehead atoms. The molecule has 3 aliphatic rings. The third kappa shape index (κ3) is 4.69. The maximum atomic E-state index is 13.2. The van der Waals surface area contributed by atoms with Gasteiger partial charge in [-0.1, -0.05) is 18.2 Å². The highest BCUT2D eigenvalue weighted by Crippen LogP contribution is 2.41. The number of halogens is 3. The van der Waals surface area contributed by atoms with Crippen molar-refractivity contribution in [1.82, 2.24) is 10.2 Å². The van der Waals surface area contributed by atoms with Crippen LogP contribution in [-0.2, 0) is 22.3 Å². The zero-order chi connectivity index (χ0) is 23.9. The number of hydrogen-bond acceptors (Lipinski definition) is 4. The summed E-state index contributed by atoms with van der Waals surface area (Å²) >= 11 is 0. The second kappa shape index (κ2) is 8.85. The molecule has 0 spiro atoms. The lowest BCUT2D eigenvalue weighted by atomic mass is 9.87. The van der Waals surface area contributed by atoms with Crippen LogP contribution in [0, 0.1) is 11.8 Å². The summed E-state index contributed by atoms with van der Waals surface area (Å²) in [4.78, 5) is 27.6. The molecule has 34 heavy (non-hydrogen) atoms. The molecule has 2 heterocycles. The smallest absolute Gasteiger partial charge is 0.416 e. The molecule has 2 aromatic carbocycles. The molecule has 2 aliphatic heterocycles. The first-order valence-corrected chi connectivity index (χ1v) is 11.4. The molecule has 6 nitrogen and oxygen atoms in total. The molecule has 9 heteroatoms. The maximum absolute atomic E-state index is 13.2. The van der Waals surface area contributed by atoms with Gasteiger partial charge in [0.1, 0.15) is 0 Å². The van der Waals surface area contributed by atoms with Crippen LogP contribution in [0.4, 0.5) is 13.2 Å². The predicted octanol–water partition coefficient (Wildman–Crippen LogP) is 4.44. The van der Waals surface area contributed by atoms with Gasteiger partial charge in [0, 0.05) is 19.0 Å². The minimum Gasteiger partial charge on any atom is -0.454 e. The third-order valence-electron chi connectivity index (χ3n) is 6.66. The van der Waals surface area contributed by atoms with Crippen molar-refractivity contribution in [2.45, 2.75) is 44.4 Å². The monoisotopic (exact) mass is 474 g/mol. The lowest BCUT2D eigenvalue weighted by Gasteiger charge is -2.40. The van der Waals surface area contributed by atoms with Crippen molar-refractivity contribution in [3.05, 3.63) is 59.2 Å². The van der Waals surface area contributed by atoms with Crippen molar-refractivity contribution in [3.63, 3.8) is 0 Å². The zero-order valence-corrected chi connectivity index (χ0v) is 18.4. The van der Waals surface area contributed by atoms with E-state index in [9.17, 15) is 22.8 Å². The Balaban J connectivity index is 1.28. The van der Waals surface area contributed by atoms with Crippen molar-refractivity contribution in [2.75, 3.05) is 13.3 Å². The van der Waals surface area contributed by atoms with Gasteiger partial charge in [-0.25, -0.2) is 0 Å². The minimum atomic E-state index is -4.45. The second-order valence-electron chi connectivity index (χ2n) is 9.08. The SMILES string of the molecule is O=C(NCc1ccc2c(c1)OCO2)C1CCC(c2cccc(C(F)(F)F)c2)N(C(=O)C2CC2)C1. The Morgan fingerprint density at radius 3 is 2.50 bits per heavy atom. The number of carbonyl (C=O) groups excluding carboxylic acids is 2. The van der Waals surface area contributed by atoms with Crippen molar-refractivity contribution in [3.8, 4) is 11.5 Å². The molecule has 1 saturated heterocycles. The molecule has 2 aromatic rings. The van der Waals surface area contributed by atoms with E-state index in [1.807, 2.05) is 12.1 Å². The van der Waals surface area contributed by atoms with Gasteiger partial charge < -0.3 is 19.7 Å². The van der Waals surface area contributed by atoms with Crippen molar-refractivity contribution in [2.24, 2.45) is 11.8 Å². The Morgan fingerprint density at radius 2 is 1.74 bits per heavy atom. The third-order valence-corrected chi connectivity index (χ3v) is 6.66. The van der Waals surface area contributed by atoms with Crippen molar-refractivity contribution >= 4 is 11.8 Å². The molecule has 1 N–H and O–H groups in total. The first-order chi connectivity index (χ1) is 16.3. The van der Waals surface area contributed by atoms with Crippen LogP contribution in [-0.4, -0.2) is 30.1 Å². The van der Waals surface area contributed by atoms with E-state index in [4.69, 9.17) is 9.47 Å². The predicted molar refractivity (Wildman–Crippen MR) is 116 cm³/mol. The fraction of sp³-hybridized carbons (Fsp3) is 0.440. The topological polar surface area (TPSA) is 67.9 Å². The van der Waals surface area contributed by atoms with E-state index in [0.717, 1.165) is 30.5 Å². The molecule has 2 unspecified atom stereocenters. The molecule has 2 fully saturated rings. The average molecular weight is 474 g/mol. The number of nitrogens with one attached hydrogen (secondary N) is 1. The number of piperidine rings is 1. The number of benzene rings is 2. The largest absolute Gasteiger partial charge is 0.454 e. The van der Waals surface area contributed by atoms with Crippen LogP contribution in [0.2, 0.25) is 0 Å². The number of likely N-dealkylation sites (tertiary alicyclic amines) is 1. The Kier molecular flexibility index (Phi) is 5.87. The molecule has 5 rings (SSSR count). The van der Waals surface area contributed by atoms with Gasteiger partial charge in [0.05, 0.1) is 17.5 Å². The highest BCUT2D eigenvalue weighted by molar-refractivity contribution is 5.84. The fourth-order valence-electron chi connectivity index (χ4n) is 4.65. The summed E-state index contributed by atoms with van der Waals surface area (Å²) in [6, 6.07) is 10.2. The summed E-state index contributed by atoms with van der Waals surface area (Å²) in [5.41, 5.74) is 0.594. The lowest BCUT2D eigenvalue weighted by molar-refractivity contribution is -0.140. The zero-order valence-electron chi connectivity index (χ0n) is 18.4. The van der Waals surface area contributed by atoms with E-state index >= 15 is 0 Å². The van der Waals surface area contributed by atoms with Crippen LogP contribution in [0.1, 0.15) is 48.4 Å². The first kappa shape index (κ1) is 22.6. The van der Waals surface area contributed by atoms with E-state index in [2.05, 4.69) is 5.32 Å². The molecule has 1 aliphatic carbocycles. The van der Waals surface area contributed by atoms with Gasteiger partial charge in [-0.15, -0.1) is 0 Å². The number of ether oxygens (including phenoxy) is 2. The van der Waals surface area contributed by atoms with Gasteiger partial charge in [-0.3, -0.25) is 9.59 Å². The summed E-state index contributed by atoms with van der Waals surface area (Å²) in [6.07, 6.45) is -1.96. The Morgan fingerprint density at radius 1 is 0.971 bits per heavy atom. The molecule has 0 radical (unpaired) electrons. The van der Waals surface area contributed by atoms with Gasteiger partial charge in [0.25, 0.3) is 0 Å². The number of amides is 2. The first-order valence-electron chi connectivity index (χ1n) is 11.4. The summed E-state index contributed by atoms with van der Waals surface area (Å²) in [5.74, 6) is 0.540. The number of rotatable bonds is 5. The highest BCUT2D eigenvalue weighted by Gasteiger charge is 2.42. The number of hydrogen-bond donors (Lipinski definition) is 1. The molecule has 2 amide bonds. The molecular formula is C25H25F3N2O4. The maximum Gasteiger partial charge on any atom is 0.416 e. The fourth-order valence-corrected chi connectivity index (χ4v) is 4.65. The van der Waals surface area contributed by atoms with Crippen LogP contribution in [0.25, 0.3) is 0 Å². The molecular weight excluding hydrogens is 449 g/mol. The number of carbonyl (C=O) groups is 2. The van der Waals surface area contributed by atoms with E-state index in [1.165, 1.54) is 6.07 Å². The van der Waals surface area contributed by atoms with Gasteiger partial charge in [0.15, 0.2) is 11.5 Å². The van der Waals surface area contributed by atoms with Crippen LogP contribution in [0.15, 0.2) is 42.5 Å². The highest BCUT2D eigenvalue weighted by atomic mass is 19.4. The summed E-state index contributed by atoms with van der Waals surface area (Å²) in [7, 11) is 0. The molecule has 2 atom stereocenters. The lowest BCUT2D eigenvalue weighted by Crippen LogP contribution is -2.47. The van der Waals surface area contributed by atoms with Gasteiger partial charge >= 0.3 is 6.18 Å². The molecule has 0 aromatic heterocycles. The summed E-state index contributed by atoms with van der Waals surface area (Å²) in [5, 5.41) is 2.93. The van der Waals surface area contributed by atoms with E-state index in [-0.39, 0.29) is 31.1 Å². The van der Waals surface area contributed by atoms with E-state index < -0.39 is 23.7 Å². The van der Waals surface area contributed by atoms with Crippen LogP contribution in [0.5, 0.6) is 11.5 Å². The Hall–Kier alpha value is -3.23. The van der Waals surface area contributed by atoms with Crippen LogP contribution in [0.3, 0.4) is 0 Å². The van der Waals surface area contributed by atoms with Gasteiger partial charge in [0.2, 0.25) is 18.6 Å².